The van der Waals surface area contributed by atoms with Gasteiger partial charge in [0, 0.05) is 31.9 Å². The Labute approximate surface area is 198 Å². The molecular weight excluding hydrogens is 428 g/mol. The molecule has 0 aromatic heterocycles. The normalized spacial score (nSPS) is 19.1. The summed E-state index contributed by atoms with van der Waals surface area (Å²) < 4.78 is 0. The van der Waals surface area contributed by atoms with Crippen LogP contribution in [0.1, 0.15) is 27.1 Å². The molecule has 7 heteroatoms. The highest BCUT2D eigenvalue weighted by atomic mass is 16.2. The second-order valence-electron chi connectivity index (χ2n) is 8.87. The van der Waals surface area contributed by atoms with Crippen LogP contribution in [0.2, 0.25) is 0 Å². The van der Waals surface area contributed by atoms with Gasteiger partial charge in [0.15, 0.2) is 0 Å². The van der Waals surface area contributed by atoms with Gasteiger partial charge in [0.25, 0.3) is 11.8 Å². The fourth-order valence-electron chi connectivity index (χ4n) is 4.66. The van der Waals surface area contributed by atoms with Gasteiger partial charge in [-0.15, -0.1) is 0 Å². The van der Waals surface area contributed by atoms with Crippen molar-refractivity contribution >= 4 is 29.1 Å². The number of anilines is 2. The van der Waals surface area contributed by atoms with Gasteiger partial charge in [-0.3, -0.25) is 14.4 Å². The van der Waals surface area contributed by atoms with Crippen LogP contribution in [0.3, 0.4) is 0 Å². The quantitative estimate of drug-likeness (QED) is 0.633. The zero-order chi connectivity index (χ0) is 23.8. The zero-order valence-corrected chi connectivity index (χ0v) is 19.1. The maximum absolute atomic E-state index is 13.5. The standard InChI is InChI=1S/C27H26N4O3/c1-30(2)20-11-8-18(9-12-20)25(32)29-23-14-15-31-24(23)26(33)28-22-13-10-19(16-21(22)27(31)34)17-6-4-3-5-7-17/h3-13,16,23-24H,14-15H2,1-2H3,(H,28,33)(H,29,32)/t23-,24+/m1/s1. The first-order valence-corrected chi connectivity index (χ1v) is 11.3. The van der Waals surface area contributed by atoms with E-state index < -0.39 is 12.1 Å². The number of hydrogen-bond acceptors (Lipinski definition) is 4. The van der Waals surface area contributed by atoms with Gasteiger partial charge < -0.3 is 20.4 Å². The number of amides is 3. The summed E-state index contributed by atoms with van der Waals surface area (Å²) >= 11 is 0. The molecule has 2 N–H and O–H groups in total. The van der Waals surface area contributed by atoms with Crippen LogP contribution in [0.5, 0.6) is 0 Å². The second kappa shape index (κ2) is 8.67. The Morgan fingerprint density at radius 1 is 0.971 bits per heavy atom. The summed E-state index contributed by atoms with van der Waals surface area (Å²) in [6.45, 7) is 0.399. The molecule has 7 nitrogen and oxygen atoms in total. The van der Waals surface area contributed by atoms with Gasteiger partial charge in [-0.2, -0.15) is 0 Å². The van der Waals surface area contributed by atoms with Crippen LogP contribution in [-0.4, -0.2) is 55.3 Å². The minimum atomic E-state index is -0.759. The van der Waals surface area contributed by atoms with Crippen molar-refractivity contribution in [1.29, 1.82) is 0 Å². The van der Waals surface area contributed by atoms with Crippen LogP contribution in [0, 0.1) is 0 Å². The van der Waals surface area contributed by atoms with E-state index in [1.54, 1.807) is 23.1 Å². The third-order valence-electron chi connectivity index (χ3n) is 6.50. The first-order chi connectivity index (χ1) is 16.4. The highest BCUT2D eigenvalue weighted by molar-refractivity contribution is 6.11. The smallest absolute Gasteiger partial charge is 0.256 e. The van der Waals surface area contributed by atoms with Gasteiger partial charge in [-0.25, -0.2) is 0 Å². The Hall–Kier alpha value is -4.13. The lowest BCUT2D eigenvalue weighted by molar-refractivity contribution is -0.120. The maximum atomic E-state index is 13.5. The average molecular weight is 455 g/mol. The Bertz CT molecular complexity index is 1250. The Balaban J connectivity index is 1.38. The SMILES string of the molecule is CN(C)c1ccc(C(=O)N[C@@H]2CCN3C(=O)c4cc(-c5ccccc5)ccc4NC(=O)[C@H]23)cc1. The minimum absolute atomic E-state index is 0.205. The van der Waals surface area contributed by atoms with E-state index in [9.17, 15) is 14.4 Å². The average Bonchev–Trinajstić information content (AvgIpc) is 3.23. The zero-order valence-electron chi connectivity index (χ0n) is 19.1. The molecule has 34 heavy (non-hydrogen) atoms. The highest BCUT2D eigenvalue weighted by Gasteiger charge is 2.45. The largest absolute Gasteiger partial charge is 0.378 e. The molecule has 0 spiro atoms. The lowest BCUT2D eigenvalue weighted by atomic mass is 10.0. The molecule has 2 heterocycles. The summed E-state index contributed by atoms with van der Waals surface area (Å²) in [5, 5.41) is 5.89. The predicted octanol–water partition coefficient (Wildman–Crippen LogP) is 3.38. The molecule has 2 aliphatic heterocycles. The van der Waals surface area contributed by atoms with Crippen molar-refractivity contribution in [3.8, 4) is 11.1 Å². The monoisotopic (exact) mass is 454 g/mol. The van der Waals surface area contributed by atoms with E-state index in [0.29, 0.717) is 29.8 Å². The predicted molar refractivity (Wildman–Crippen MR) is 132 cm³/mol. The lowest BCUT2D eigenvalue weighted by Crippen LogP contribution is -2.51. The van der Waals surface area contributed by atoms with E-state index in [1.165, 1.54) is 0 Å². The minimum Gasteiger partial charge on any atom is -0.378 e. The molecule has 2 atom stereocenters. The van der Waals surface area contributed by atoms with Crippen LogP contribution in [0.25, 0.3) is 11.1 Å². The van der Waals surface area contributed by atoms with Gasteiger partial charge in [0.1, 0.15) is 6.04 Å². The molecule has 1 fully saturated rings. The molecular formula is C27H26N4O3. The Morgan fingerprint density at radius 2 is 1.71 bits per heavy atom. The van der Waals surface area contributed by atoms with E-state index in [4.69, 9.17) is 0 Å². The third-order valence-corrected chi connectivity index (χ3v) is 6.50. The summed E-state index contributed by atoms with van der Waals surface area (Å²) in [5.41, 5.74) is 4.37. The summed E-state index contributed by atoms with van der Waals surface area (Å²) in [4.78, 5) is 43.0. The number of hydrogen-bond donors (Lipinski definition) is 2. The van der Waals surface area contributed by atoms with Crippen LogP contribution in [0.4, 0.5) is 11.4 Å². The molecule has 3 amide bonds. The third kappa shape index (κ3) is 3.90. The molecule has 0 saturated carbocycles. The topological polar surface area (TPSA) is 81.8 Å². The van der Waals surface area contributed by atoms with Crippen LogP contribution in [0.15, 0.2) is 72.8 Å². The summed E-state index contributed by atoms with van der Waals surface area (Å²) in [7, 11) is 3.87. The van der Waals surface area contributed by atoms with Crippen molar-refractivity contribution in [3.63, 3.8) is 0 Å². The van der Waals surface area contributed by atoms with E-state index in [-0.39, 0.29) is 17.7 Å². The summed E-state index contributed by atoms with van der Waals surface area (Å²) in [5.74, 6) is -0.751. The highest BCUT2D eigenvalue weighted by Crippen LogP contribution is 2.32. The van der Waals surface area contributed by atoms with E-state index >= 15 is 0 Å². The van der Waals surface area contributed by atoms with E-state index in [2.05, 4.69) is 10.6 Å². The van der Waals surface area contributed by atoms with E-state index in [1.807, 2.05) is 73.6 Å². The first-order valence-electron chi connectivity index (χ1n) is 11.3. The number of carbonyl (C=O) groups is 3. The molecule has 0 bridgehead atoms. The van der Waals surface area contributed by atoms with Gasteiger partial charge in [0.2, 0.25) is 5.91 Å². The summed E-state index contributed by atoms with van der Waals surface area (Å²) in [6.07, 6.45) is 0.513. The number of nitrogens with zero attached hydrogens (tertiary/aromatic N) is 2. The van der Waals surface area contributed by atoms with Crippen molar-refractivity contribution < 1.29 is 14.4 Å². The van der Waals surface area contributed by atoms with E-state index in [0.717, 1.165) is 16.8 Å². The lowest BCUT2D eigenvalue weighted by Gasteiger charge is -2.25. The first kappa shape index (κ1) is 21.7. The number of benzene rings is 3. The molecule has 2 aliphatic rings. The molecule has 0 aliphatic carbocycles. The van der Waals surface area contributed by atoms with Crippen molar-refractivity contribution in [3.05, 3.63) is 83.9 Å². The van der Waals surface area contributed by atoms with Gasteiger partial charge in [-0.1, -0.05) is 36.4 Å². The van der Waals surface area contributed by atoms with Crippen LogP contribution < -0.4 is 15.5 Å². The molecule has 5 rings (SSSR count). The van der Waals surface area contributed by atoms with Crippen molar-refractivity contribution in [1.82, 2.24) is 10.2 Å². The van der Waals surface area contributed by atoms with Crippen LogP contribution >= 0.6 is 0 Å². The maximum Gasteiger partial charge on any atom is 0.256 e. The molecule has 172 valence electrons. The molecule has 0 unspecified atom stereocenters. The molecule has 3 aromatic rings. The molecule has 1 saturated heterocycles. The van der Waals surface area contributed by atoms with Gasteiger partial charge >= 0.3 is 0 Å². The van der Waals surface area contributed by atoms with Crippen molar-refractivity contribution in [2.45, 2.75) is 18.5 Å². The molecule has 3 aromatic carbocycles. The fraction of sp³-hybridized carbons (Fsp3) is 0.222. The van der Waals surface area contributed by atoms with Gasteiger partial charge in [0.05, 0.1) is 17.3 Å². The molecule has 0 radical (unpaired) electrons. The number of carbonyl (C=O) groups excluding carboxylic acids is 3. The number of fused-ring (bicyclic) bond motifs is 2. The summed E-state index contributed by atoms with van der Waals surface area (Å²) in [6, 6.07) is 21.3. The van der Waals surface area contributed by atoms with Gasteiger partial charge in [-0.05, 0) is 53.9 Å². The van der Waals surface area contributed by atoms with Crippen molar-refractivity contribution in [2.75, 3.05) is 30.9 Å². The Morgan fingerprint density at radius 3 is 2.41 bits per heavy atom. The van der Waals surface area contributed by atoms with Crippen molar-refractivity contribution in [2.24, 2.45) is 0 Å². The number of nitrogens with one attached hydrogen (secondary N) is 2. The fourth-order valence-corrected chi connectivity index (χ4v) is 4.66. The second-order valence-corrected chi connectivity index (χ2v) is 8.87. The Kier molecular flexibility index (Phi) is 5.53. The van der Waals surface area contributed by atoms with Crippen LogP contribution in [-0.2, 0) is 4.79 Å². The number of rotatable bonds is 4.